The molecule has 1 heterocycles. The first-order valence-electron chi connectivity index (χ1n) is 9.70. The molecule has 1 saturated carbocycles. The van der Waals surface area contributed by atoms with Crippen molar-refractivity contribution in [3.8, 4) is 6.07 Å². The van der Waals surface area contributed by atoms with Gasteiger partial charge in [0.1, 0.15) is 11.6 Å². The number of aromatic nitrogens is 1. The lowest BCUT2D eigenvalue weighted by Crippen LogP contribution is -2.31. The summed E-state index contributed by atoms with van der Waals surface area (Å²) in [6, 6.07) is 9.47. The first kappa shape index (κ1) is 19.8. The van der Waals surface area contributed by atoms with Crippen LogP contribution in [0.3, 0.4) is 0 Å². The maximum atomic E-state index is 14.2. The summed E-state index contributed by atoms with van der Waals surface area (Å²) in [5, 5.41) is 12.2. The Morgan fingerprint density at radius 1 is 1.27 bits per heavy atom. The number of nitriles is 1. The van der Waals surface area contributed by atoms with Crippen LogP contribution in [0.5, 0.6) is 0 Å². The van der Waals surface area contributed by atoms with Gasteiger partial charge in [0.05, 0.1) is 24.1 Å². The molecular formula is C23H19F2N3O2. The minimum atomic E-state index is -0.647. The maximum Gasteiger partial charge on any atom is 0.252 e. The number of H-pyrrole nitrogens is 1. The average molecular weight is 407 g/mol. The van der Waals surface area contributed by atoms with Crippen molar-refractivity contribution in [3.05, 3.63) is 80.6 Å². The quantitative estimate of drug-likeness (QED) is 0.671. The predicted molar refractivity (Wildman–Crippen MR) is 108 cm³/mol. The fourth-order valence-corrected chi connectivity index (χ4v) is 3.82. The summed E-state index contributed by atoms with van der Waals surface area (Å²) >= 11 is 0. The summed E-state index contributed by atoms with van der Waals surface area (Å²) in [6.07, 6.45) is 1.59. The van der Waals surface area contributed by atoms with E-state index < -0.39 is 23.6 Å². The lowest BCUT2D eigenvalue weighted by atomic mass is 9.96. The highest BCUT2D eigenvalue weighted by Crippen LogP contribution is 2.44. The average Bonchev–Trinajstić information content (AvgIpc) is 3.53. The molecule has 5 nitrogen and oxygen atoms in total. The molecule has 0 radical (unpaired) electrons. The van der Waals surface area contributed by atoms with Gasteiger partial charge in [-0.1, -0.05) is 6.07 Å². The SMILES string of the molecule is C[C@H](NC(=O)Cc1c(C2CC2)c2cc(F)ccc2[nH]c1=O)c1ccc(C#N)cc1F. The summed E-state index contributed by atoms with van der Waals surface area (Å²) in [5.74, 6) is -1.29. The lowest BCUT2D eigenvalue weighted by molar-refractivity contribution is -0.121. The molecular weight excluding hydrogens is 388 g/mol. The smallest absolute Gasteiger partial charge is 0.252 e. The number of halogens is 2. The van der Waals surface area contributed by atoms with Gasteiger partial charge in [-0.25, -0.2) is 8.78 Å². The molecule has 1 aliphatic carbocycles. The van der Waals surface area contributed by atoms with E-state index in [0.29, 0.717) is 16.5 Å². The fourth-order valence-electron chi connectivity index (χ4n) is 3.82. The molecule has 152 valence electrons. The van der Waals surface area contributed by atoms with E-state index in [4.69, 9.17) is 5.26 Å². The van der Waals surface area contributed by atoms with Crippen molar-refractivity contribution < 1.29 is 13.6 Å². The van der Waals surface area contributed by atoms with E-state index in [2.05, 4.69) is 10.3 Å². The first-order valence-corrected chi connectivity index (χ1v) is 9.70. The van der Waals surface area contributed by atoms with Crippen LogP contribution in [0.4, 0.5) is 8.78 Å². The van der Waals surface area contributed by atoms with E-state index in [1.165, 1.54) is 30.3 Å². The Balaban J connectivity index is 1.62. The molecule has 1 aliphatic rings. The standard InChI is InChI=1S/C23H19F2N3O2/c1-12(16-6-2-13(11-26)8-19(16)25)27-21(29)10-18-22(14-3-4-14)17-9-15(24)5-7-20(17)28-23(18)30/h2,5-9,12,14H,3-4,10H2,1H3,(H,27,29)(H,28,30)/t12-/m0/s1. The van der Waals surface area contributed by atoms with Crippen LogP contribution in [-0.4, -0.2) is 10.9 Å². The van der Waals surface area contributed by atoms with Crippen LogP contribution in [0.25, 0.3) is 10.9 Å². The molecule has 0 bridgehead atoms. The highest BCUT2D eigenvalue weighted by molar-refractivity contribution is 5.87. The number of hydrogen-bond acceptors (Lipinski definition) is 3. The minimum Gasteiger partial charge on any atom is -0.349 e. The monoisotopic (exact) mass is 407 g/mol. The second kappa shape index (κ2) is 7.71. The van der Waals surface area contributed by atoms with Crippen LogP contribution in [0.15, 0.2) is 41.2 Å². The molecule has 4 rings (SSSR count). The molecule has 2 aromatic carbocycles. The van der Waals surface area contributed by atoms with Crippen molar-refractivity contribution in [2.24, 2.45) is 0 Å². The zero-order valence-electron chi connectivity index (χ0n) is 16.3. The van der Waals surface area contributed by atoms with Crippen molar-refractivity contribution in [2.45, 2.75) is 38.1 Å². The highest BCUT2D eigenvalue weighted by atomic mass is 19.1. The summed E-state index contributed by atoms with van der Waals surface area (Å²) in [7, 11) is 0. The summed E-state index contributed by atoms with van der Waals surface area (Å²) in [6.45, 7) is 1.63. The molecule has 0 saturated heterocycles. The number of benzene rings is 2. The number of carbonyl (C=O) groups excluding carboxylic acids is 1. The van der Waals surface area contributed by atoms with E-state index in [1.807, 2.05) is 6.07 Å². The zero-order valence-corrected chi connectivity index (χ0v) is 16.3. The zero-order chi connectivity index (χ0) is 21.4. The molecule has 7 heteroatoms. The third-order valence-electron chi connectivity index (χ3n) is 5.42. The maximum absolute atomic E-state index is 14.2. The number of nitrogens with one attached hydrogen (secondary N) is 2. The lowest BCUT2D eigenvalue weighted by Gasteiger charge is -2.17. The number of carbonyl (C=O) groups is 1. The molecule has 0 aliphatic heterocycles. The van der Waals surface area contributed by atoms with Gasteiger partial charge in [-0.15, -0.1) is 0 Å². The molecule has 1 amide bonds. The van der Waals surface area contributed by atoms with Gasteiger partial charge >= 0.3 is 0 Å². The van der Waals surface area contributed by atoms with Gasteiger partial charge < -0.3 is 10.3 Å². The van der Waals surface area contributed by atoms with Crippen molar-refractivity contribution in [1.29, 1.82) is 5.26 Å². The van der Waals surface area contributed by atoms with Gasteiger partial charge in [-0.05, 0) is 61.6 Å². The number of aromatic amines is 1. The van der Waals surface area contributed by atoms with E-state index in [0.717, 1.165) is 24.5 Å². The van der Waals surface area contributed by atoms with Crippen molar-refractivity contribution in [2.75, 3.05) is 0 Å². The third kappa shape index (κ3) is 3.81. The van der Waals surface area contributed by atoms with Crippen LogP contribution in [-0.2, 0) is 11.2 Å². The van der Waals surface area contributed by atoms with Gasteiger partial charge in [0.25, 0.3) is 5.56 Å². The van der Waals surface area contributed by atoms with Gasteiger partial charge in [-0.3, -0.25) is 9.59 Å². The second-order valence-electron chi connectivity index (χ2n) is 7.62. The summed E-state index contributed by atoms with van der Waals surface area (Å²) in [5.41, 5.74) is 1.66. The van der Waals surface area contributed by atoms with Gasteiger partial charge in [-0.2, -0.15) is 5.26 Å². The Morgan fingerprint density at radius 3 is 2.70 bits per heavy atom. The number of pyridine rings is 1. The number of hydrogen-bond donors (Lipinski definition) is 2. The van der Waals surface area contributed by atoms with Crippen LogP contribution in [0.2, 0.25) is 0 Å². The number of fused-ring (bicyclic) bond motifs is 1. The van der Waals surface area contributed by atoms with E-state index >= 15 is 0 Å². The van der Waals surface area contributed by atoms with Crippen LogP contribution < -0.4 is 10.9 Å². The molecule has 0 unspecified atom stereocenters. The predicted octanol–water partition coefficient (Wildman–Crippen LogP) is 3.98. The highest BCUT2D eigenvalue weighted by Gasteiger charge is 2.30. The van der Waals surface area contributed by atoms with Gasteiger partial charge in [0, 0.05) is 22.0 Å². The molecule has 0 spiro atoms. The number of amides is 1. The van der Waals surface area contributed by atoms with E-state index in [-0.39, 0.29) is 29.0 Å². The largest absolute Gasteiger partial charge is 0.349 e. The molecule has 1 aromatic heterocycles. The van der Waals surface area contributed by atoms with E-state index in [9.17, 15) is 18.4 Å². The van der Waals surface area contributed by atoms with Crippen LogP contribution in [0.1, 0.15) is 54.0 Å². The summed E-state index contributed by atoms with van der Waals surface area (Å²) in [4.78, 5) is 28.1. The first-order chi connectivity index (χ1) is 14.4. The topological polar surface area (TPSA) is 85.8 Å². The Kier molecular flexibility index (Phi) is 5.08. The fraction of sp³-hybridized carbons (Fsp3) is 0.261. The molecule has 30 heavy (non-hydrogen) atoms. The van der Waals surface area contributed by atoms with Crippen LogP contribution >= 0.6 is 0 Å². The second-order valence-corrected chi connectivity index (χ2v) is 7.62. The Morgan fingerprint density at radius 2 is 2.03 bits per heavy atom. The van der Waals surface area contributed by atoms with Crippen molar-refractivity contribution in [1.82, 2.24) is 10.3 Å². The number of nitrogens with zero attached hydrogens (tertiary/aromatic N) is 1. The molecule has 2 N–H and O–H groups in total. The molecule has 1 fully saturated rings. The third-order valence-corrected chi connectivity index (χ3v) is 5.42. The minimum absolute atomic E-state index is 0.132. The Labute approximate surface area is 171 Å². The van der Waals surface area contributed by atoms with Gasteiger partial charge in [0.2, 0.25) is 5.91 Å². The summed E-state index contributed by atoms with van der Waals surface area (Å²) < 4.78 is 28.0. The Hall–Kier alpha value is -3.53. The van der Waals surface area contributed by atoms with Gasteiger partial charge in [0.15, 0.2) is 0 Å². The number of rotatable bonds is 5. The van der Waals surface area contributed by atoms with Crippen LogP contribution in [0, 0.1) is 23.0 Å². The normalized spacial score (nSPS) is 14.3. The van der Waals surface area contributed by atoms with Crippen molar-refractivity contribution >= 4 is 16.8 Å². The van der Waals surface area contributed by atoms with E-state index in [1.54, 1.807) is 6.92 Å². The Bertz CT molecular complexity index is 1260. The van der Waals surface area contributed by atoms with Crippen molar-refractivity contribution in [3.63, 3.8) is 0 Å². The molecule has 1 atom stereocenters. The molecule has 3 aromatic rings.